The summed E-state index contributed by atoms with van der Waals surface area (Å²) in [5.74, 6) is -0.657. The molecule has 242 valence electrons. The van der Waals surface area contributed by atoms with Crippen LogP contribution in [0.15, 0.2) is 107 Å². The minimum atomic E-state index is -4.10. The summed E-state index contributed by atoms with van der Waals surface area (Å²) in [6.07, 6.45) is 2.09. The number of rotatable bonds is 10. The Hall–Kier alpha value is -5.16. The highest BCUT2D eigenvalue weighted by molar-refractivity contribution is 7.92. The van der Waals surface area contributed by atoms with Crippen molar-refractivity contribution in [2.24, 2.45) is 0 Å². The minimum Gasteiger partial charge on any atom is -0.460 e. The van der Waals surface area contributed by atoms with Gasteiger partial charge in [-0.05, 0) is 68.3 Å². The molecule has 0 unspecified atom stereocenters. The molecule has 0 bridgehead atoms. The number of furan rings is 1. The number of ether oxygens (including phenoxy) is 1. The van der Waals surface area contributed by atoms with Crippen molar-refractivity contribution in [3.05, 3.63) is 120 Å². The number of benzene rings is 3. The molecule has 0 radical (unpaired) electrons. The molecule has 3 heterocycles. The van der Waals surface area contributed by atoms with Crippen molar-refractivity contribution >= 4 is 44.2 Å². The Balaban J connectivity index is 1.34. The number of amides is 1. The van der Waals surface area contributed by atoms with Crippen LogP contribution in [0.1, 0.15) is 39.1 Å². The minimum absolute atomic E-state index is 0.0587. The fourth-order valence-corrected chi connectivity index (χ4v) is 7.37. The van der Waals surface area contributed by atoms with Crippen LogP contribution in [-0.4, -0.2) is 69.5 Å². The van der Waals surface area contributed by atoms with E-state index in [1.165, 1.54) is 10.4 Å². The number of anilines is 2. The van der Waals surface area contributed by atoms with E-state index >= 15 is 0 Å². The number of fused-ring (bicyclic) bond motifs is 1. The molecule has 10 nitrogen and oxygen atoms in total. The number of aryl methyl sites for hydroxylation is 1. The molecule has 1 saturated heterocycles. The Morgan fingerprint density at radius 3 is 2.36 bits per heavy atom. The molecular weight excluding hydrogens is 616 g/mol. The van der Waals surface area contributed by atoms with Crippen molar-refractivity contribution in [3.63, 3.8) is 0 Å². The molecule has 3 aromatic carbocycles. The first-order valence-corrected chi connectivity index (χ1v) is 17.0. The van der Waals surface area contributed by atoms with Gasteiger partial charge in [0.25, 0.3) is 15.9 Å². The van der Waals surface area contributed by atoms with Crippen LogP contribution in [0, 0.1) is 6.92 Å². The first-order chi connectivity index (χ1) is 22.8. The summed E-state index contributed by atoms with van der Waals surface area (Å²) in [4.78, 5) is 33.7. The Morgan fingerprint density at radius 2 is 1.64 bits per heavy atom. The lowest BCUT2D eigenvalue weighted by atomic mass is 10.1. The molecule has 5 aromatic rings. The molecule has 1 aliphatic heterocycles. The third kappa shape index (κ3) is 6.57. The maximum atomic E-state index is 14.6. The van der Waals surface area contributed by atoms with Crippen molar-refractivity contribution in [2.45, 2.75) is 25.2 Å². The van der Waals surface area contributed by atoms with Crippen molar-refractivity contribution in [1.82, 2.24) is 9.88 Å². The highest BCUT2D eigenvalue weighted by atomic mass is 32.2. The number of pyridine rings is 1. The van der Waals surface area contributed by atoms with Crippen molar-refractivity contribution in [3.8, 4) is 0 Å². The smallest absolute Gasteiger partial charge is 0.374 e. The lowest BCUT2D eigenvalue weighted by Crippen LogP contribution is -2.49. The van der Waals surface area contributed by atoms with E-state index in [1.807, 2.05) is 54.6 Å². The summed E-state index contributed by atoms with van der Waals surface area (Å²) >= 11 is 0. The number of aromatic nitrogens is 1. The number of esters is 1. The molecular formula is C36H36N4O6S. The lowest BCUT2D eigenvalue weighted by molar-refractivity contribution is 0.0491. The first kappa shape index (κ1) is 31.8. The van der Waals surface area contributed by atoms with Gasteiger partial charge in [0.15, 0.2) is 0 Å². The molecule has 1 aliphatic rings. The summed E-state index contributed by atoms with van der Waals surface area (Å²) < 4.78 is 41.6. The van der Waals surface area contributed by atoms with Gasteiger partial charge in [0.05, 0.1) is 22.9 Å². The Morgan fingerprint density at radius 1 is 0.915 bits per heavy atom. The summed E-state index contributed by atoms with van der Waals surface area (Å²) in [6, 6.07) is 27.2. The van der Waals surface area contributed by atoms with Gasteiger partial charge in [-0.25, -0.2) is 13.2 Å². The average Bonchev–Trinajstić information content (AvgIpc) is 3.45. The zero-order chi connectivity index (χ0) is 33.0. The van der Waals surface area contributed by atoms with E-state index in [-0.39, 0.29) is 29.7 Å². The standard InChI is InChI=1S/C36H36N4O6S/c1-3-45-36(42)34-26(2)29-25-28(16-17-33(29)46-34)47(43,44)40(20-18-27-11-5-4-6-12-27)32-15-8-7-14-31(32)38-21-23-39(24-22-38)35(41)30-13-9-10-19-37-30/h4-17,19,25H,3,18,20-24H2,1-2H3. The normalized spacial score (nSPS) is 13.5. The SMILES string of the molecule is CCOC(=O)c1oc2ccc(S(=O)(=O)N(CCc3ccccc3)c3ccccc3N3CCN(C(=O)c4ccccn4)CC3)cc2c1C. The summed E-state index contributed by atoms with van der Waals surface area (Å²) in [5, 5.41) is 0.527. The number of para-hydroxylation sites is 2. The highest BCUT2D eigenvalue weighted by Gasteiger charge is 2.31. The van der Waals surface area contributed by atoms with Gasteiger partial charge < -0.3 is 19.0 Å². The quantitative estimate of drug-likeness (QED) is 0.176. The van der Waals surface area contributed by atoms with Crippen LogP contribution in [0.25, 0.3) is 11.0 Å². The number of carbonyl (C=O) groups is 2. The largest absolute Gasteiger partial charge is 0.460 e. The van der Waals surface area contributed by atoms with Crippen molar-refractivity contribution in [2.75, 3.05) is 48.5 Å². The van der Waals surface area contributed by atoms with Crippen molar-refractivity contribution in [1.29, 1.82) is 0 Å². The number of nitrogens with zero attached hydrogens (tertiary/aromatic N) is 4. The van der Waals surface area contributed by atoms with Gasteiger partial charge in [0.2, 0.25) is 5.76 Å². The molecule has 11 heteroatoms. The van der Waals surface area contributed by atoms with Gasteiger partial charge in [-0.1, -0.05) is 48.5 Å². The molecule has 2 aromatic heterocycles. The second kappa shape index (κ2) is 13.7. The molecule has 0 saturated carbocycles. The second-order valence-electron chi connectivity index (χ2n) is 11.2. The summed E-state index contributed by atoms with van der Waals surface area (Å²) in [7, 11) is -4.10. The van der Waals surface area contributed by atoms with Crippen molar-refractivity contribution < 1.29 is 27.2 Å². The predicted molar refractivity (Wildman–Crippen MR) is 180 cm³/mol. The van der Waals surface area contributed by atoms with Crippen LogP contribution >= 0.6 is 0 Å². The Labute approximate surface area is 274 Å². The van der Waals surface area contributed by atoms with E-state index in [4.69, 9.17) is 9.15 Å². The van der Waals surface area contributed by atoms with Crippen LogP contribution in [0.5, 0.6) is 0 Å². The number of sulfonamides is 1. The highest BCUT2D eigenvalue weighted by Crippen LogP contribution is 2.36. The molecule has 0 N–H and O–H groups in total. The predicted octanol–water partition coefficient (Wildman–Crippen LogP) is 5.71. The number of hydrogen-bond donors (Lipinski definition) is 0. The molecule has 0 atom stereocenters. The fraction of sp³-hybridized carbons (Fsp3) is 0.250. The second-order valence-corrected chi connectivity index (χ2v) is 13.1. The third-order valence-electron chi connectivity index (χ3n) is 8.34. The van der Waals surface area contributed by atoms with E-state index in [1.54, 1.807) is 55.3 Å². The van der Waals surface area contributed by atoms with E-state index in [9.17, 15) is 18.0 Å². The van der Waals surface area contributed by atoms with Gasteiger partial charge in [0, 0.05) is 49.9 Å². The van der Waals surface area contributed by atoms with E-state index in [0.717, 1.165) is 11.3 Å². The summed E-state index contributed by atoms with van der Waals surface area (Å²) in [6.45, 7) is 5.81. The fourth-order valence-electron chi connectivity index (χ4n) is 5.87. The average molecular weight is 653 g/mol. The monoisotopic (exact) mass is 652 g/mol. The first-order valence-electron chi connectivity index (χ1n) is 15.6. The zero-order valence-electron chi connectivity index (χ0n) is 26.3. The van der Waals surface area contributed by atoms with Gasteiger partial charge in [0.1, 0.15) is 11.3 Å². The van der Waals surface area contributed by atoms with E-state index in [0.29, 0.717) is 60.5 Å². The number of carbonyl (C=O) groups excluding carboxylic acids is 2. The van der Waals surface area contributed by atoms with Gasteiger partial charge in [-0.2, -0.15) is 0 Å². The van der Waals surface area contributed by atoms with E-state index < -0.39 is 16.0 Å². The van der Waals surface area contributed by atoms with Crippen LogP contribution in [0.3, 0.4) is 0 Å². The molecule has 1 amide bonds. The van der Waals surface area contributed by atoms with Gasteiger partial charge in [-0.15, -0.1) is 0 Å². The van der Waals surface area contributed by atoms with Gasteiger partial charge in [-0.3, -0.25) is 14.1 Å². The van der Waals surface area contributed by atoms with Crippen LogP contribution in [0.4, 0.5) is 11.4 Å². The topological polar surface area (TPSA) is 113 Å². The van der Waals surface area contributed by atoms with E-state index in [2.05, 4.69) is 9.88 Å². The number of piperazine rings is 1. The molecule has 0 spiro atoms. The lowest BCUT2D eigenvalue weighted by Gasteiger charge is -2.38. The van der Waals surface area contributed by atoms with Crippen LogP contribution in [-0.2, 0) is 21.2 Å². The number of hydrogen-bond acceptors (Lipinski definition) is 8. The van der Waals surface area contributed by atoms with Crippen LogP contribution < -0.4 is 9.21 Å². The van der Waals surface area contributed by atoms with Crippen LogP contribution in [0.2, 0.25) is 0 Å². The maximum Gasteiger partial charge on any atom is 0.374 e. The Bertz CT molecular complexity index is 1990. The maximum absolute atomic E-state index is 14.6. The molecule has 6 rings (SSSR count). The Kier molecular flexibility index (Phi) is 9.26. The molecule has 0 aliphatic carbocycles. The molecule has 1 fully saturated rings. The van der Waals surface area contributed by atoms with Gasteiger partial charge >= 0.3 is 5.97 Å². The molecule has 47 heavy (non-hydrogen) atoms. The third-order valence-corrected chi connectivity index (χ3v) is 10.2. The summed E-state index contributed by atoms with van der Waals surface area (Å²) in [5.41, 5.74) is 3.64. The zero-order valence-corrected chi connectivity index (χ0v) is 27.2.